The molecule has 0 bridgehead atoms. The molecule has 0 aliphatic heterocycles. The van der Waals surface area contributed by atoms with Crippen molar-refractivity contribution in [3.8, 4) is 0 Å². The zero-order valence-electron chi connectivity index (χ0n) is 12.7. The molecule has 118 valence electrons. The van der Waals surface area contributed by atoms with Crippen molar-refractivity contribution in [1.29, 1.82) is 0 Å². The van der Waals surface area contributed by atoms with E-state index >= 15 is 0 Å². The van der Waals surface area contributed by atoms with Crippen LogP contribution in [-0.2, 0) is 21.4 Å². The van der Waals surface area contributed by atoms with Crippen molar-refractivity contribution in [3.63, 3.8) is 0 Å². The summed E-state index contributed by atoms with van der Waals surface area (Å²) in [5, 5.41) is 9.11. The molecule has 1 saturated carbocycles. The molecule has 2 N–H and O–H groups in total. The molecule has 1 aliphatic rings. The Morgan fingerprint density at radius 3 is 2.71 bits per heavy atom. The number of benzene rings is 1. The Balaban J connectivity index is 2.12. The molecular weight excluding hydrogens is 290 g/mol. The second kappa shape index (κ2) is 6.04. The van der Waals surface area contributed by atoms with E-state index in [0.29, 0.717) is 18.6 Å². The SMILES string of the molecule is CCOC1CC(NS(=O)(=O)c2cccc(CO)c2)C1(C)C. The highest BCUT2D eigenvalue weighted by Crippen LogP contribution is 2.43. The molecule has 0 spiro atoms. The third kappa shape index (κ3) is 3.29. The van der Waals surface area contributed by atoms with E-state index in [9.17, 15) is 8.42 Å². The maximum atomic E-state index is 12.4. The van der Waals surface area contributed by atoms with Crippen molar-refractivity contribution in [3.05, 3.63) is 29.8 Å². The normalized spacial score (nSPS) is 24.6. The molecule has 2 atom stereocenters. The summed E-state index contributed by atoms with van der Waals surface area (Å²) in [7, 11) is -3.58. The van der Waals surface area contributed by atoms with Gasteiger partial charge in [0.1, 0.15) is 0 Å². The predicted molar refractivity (Wildman–Crippen MR) is 80.3 cm³/mol. The molecule has 2 unspecified atom stereocenters. The quantitative estimate of drug-likeness (QED) is 0.837. The van der Waals surface area contributed by atoms with Crippen LogP contribution in [0, 0.1) is 5.41 Å². The van der Waals surface area contributed by atoms with Crippen LogP contribution >= 0.6 is 0 Å². The van der Waals surface area contributed by atoms with Crippen LogP contribution in [0.1, 0.15) is 32.8 Å². The van der Waals surface area contributed by atoms with Gasteiger partial charge >= 0.3 is 0 Å². The zero-order chi connectivity index (χ0) is 15.7. The van der Waals surface area contributed by atoms with Crippen molar-refractivity contribution in [1.82, 2.24) is 4.72 Å². The van der Waals surface area contributed by atoms with Gasteiger partial charge in [0.2, 0.25) is 10.0 Å². The fraction of sp³-hybridized carbons (Fsp3) is 0.600. The first-order valence-electron chi connectivity index (χ1n) is 7.15. The number of sulfonamides is 1. The standard InChI is InChI=1S/C15H23NO4S/c1-4-20-14-9-13(15(14,2)3)16-21(18,19)12-7-5-6-11(8-12)10-17/h5-8,13-14,16-17H,4,9-10H2,1-3H3. The first-order valence-corrected chi connectivity index (χ1v) is 8.63. The summed E-state index contributed by atoms with van der Waals surface area (Å²) in [6, 6.07) is 6.21. The molecular formula is C15H23NO4S. The summed E-state index contributed by atoms with van der Waals surface area (Å²) in [5.74, 6) is 0. The molecule has 5 nitrogen and oxygen atoms in total. The molecule has 0 radical (unpaired) electrons. The molecule has 0 saturated heterocycles. The molecule has 0 amide bonds. The van der Waals surface area contributed by atoms with Crippen molar-refractivity contribution >= 4 is 10.0 Å². The van der Waals surface area contributed by atoms with E-state index in [1.54, 1.807) is 12.1 Å². The molecule has 1 fully saturated rings. The van der Waals surface area contributed by atoms with Gasteiger partial charge in [0.05, 0.1) is 17.6 Å². The Morgan fingerprint density at radius 2 is 2.14 bits per heavy atom. The van der Waals surface area contributed by atoms with Gasteiger partial charge in [0, 0.05) is 18.1 Å². The highest BCUT2D eigenvalue weighted by atomic mass is 32.2. The predicted octanol–water partition coefficient (Wildman–Crippen LogP) is 1.66. The largest absolute Gasteiger partial charge is 0.392 e. The number of aliphatic hydroxyl groups is 1. The summed E-state index contributed by atoms with van der Waals surface area (Å²) >= 11 is 0. The van der Waals surface area contributed by atoms with Gasteiger partial charge in [-0.25, -0.2) is 13.1 Å². The average Bonchev–Trinajstić information content (AvgIpc) is 2.46. The summed E-state index contributed by atoms with van der Waals surface area (Å²) in [6.45, 7) is 6.41. The Bertz CT molecular complexity index is 597. The van der Waals surface area contributed by atoms with Gasteiger partial charge in [-0.15, -0.1) is 0 Å². The van der Waals surface area contributed by atoms with Gasteiger partial charge in [-0.2, -0.15) is 0 Å². The molecule has 1 aromatic rings. The van der Waals surface area contributed by atoms with Crippen LogP contribution < -0.4 is 4.72 Å². The monoisotopic (exact) mass is 313 g/mol. The summed E-state index contributed by atoms with van der Waals surface area (Å²) < 4.78 is 33.2. The molecule has 2 rings (SSSR count). The molecule has 1 aromatic carbocycles. The lowest BCUT2D eigenvalue weighted by Crippen LogP contribution is -2.61. The fourth-order valence-corrected chi connectivity index (χ4v) is 4.11. The minimum atomic E-state index is -3.58. The highest BCUT2D eigenvalue weighted by Gasteiger charge is 2.50. The van der Waals surface area contributed by atoms with Gasteiger partial charge in [0.25, 0.3) is 0 Å². The zero-order valence-corrected chi connectivity index (χ0v) is 13.5. The Morgan fingerprint density at radius 1 is 1.43 bits per heavy atom. The van der Waals surface area contributed by atoms with Crippen LogP contribution in [0.4, 0.5) is 0 Å². The minimum absolute atomic E-state index is 0.0824. The van der Waals surface area contributed by atoms with Gasteiger partial charge in [0.15, 0.2) is 0 Å². The van der Waals surface area contributed by atoms with E-state index in [1.165, 1.54) is 12.1 Å². The maximum absolute atomic E-state index is 12.4. The highest BCUT2D eigenvalue weighted by molar-refractivity contribution is 7.89. The van der Waals surface area contributed by atoms with Crippen molar-refractivity contribution in [2.24, 2.45) is 5.41 Å². The van der Waals surface area contributed by atoms with E-state index in [2.05, 4.69) is 4.72 Å². The number of rotatable bonds is 6. The van der Waals surface area contributed by atoms with E-state index in [4.69, 9.17) is 9.84 Å². The number of hydrogen-bond acceptors (Lipinski definition) is 4. The van der Waals surface area contributed by atoms with Gasteiger partial charge in [-0.3, -0.25) is 0 Å². The Kier molecular flexibility index (Phi) is 4.72. The molecule has 0 heterocycles. The third-order valence-corrected chi connectivity index (χ3v) is 5.70. The second-order valence-corrected chi connectivity index (χ2v) is 7.69. The van der Waals surface area contributed by atoms with E-state index in [-0.39, 0.29) is 29.1 Å². The first-order chi connectivity index (χ1) is 9.81. The van der Waals surface area contributed by atoms with Crippen LogP contribution in [0.15, 0.2) is 29.2 Å². The van der Waals surface area contributed by atoms with Crippen LogP contribution in [0.3, 0.4) is 0 Å². The second-order valence-electron chi connectivity index (χ2n) is 5.98. The van der Waals surface area contributed by atoms with E-state index in [1.807, 2.05) is 20.8 Å². The van der Waals surface area contributed by atoms with Crippen molar-refractivity contribution < 1.29 is 18.3 Å². The third-order valence-electron chi connectivity index (χ3n) is 4.23. The number of nitrogens with one attached hydrogen (secondary N) is 1. The number of hydrogen-bond donors (Lipinski definition) is 2. The van der Waals surface area contributed by atoms with Gasteiger partial charge < -0.3 is 9.84 Å². The van der Waals surface area contributed by atoms with Crippen LogP contribution in [0.5, 0.6) is 0 Å². The average molecular weight is 313 g/mol. The van der Waals surface area contributed by atoms with Crippen molar-refractivity contribution in [2.75, 3.05) is 6.61 Å². The molecule has 0 aromatic heterocycles. The smallest absolute Gasteiger partial charge is 0.240 e. The fourth-order valence-electron chi connectivity index (χ4n) is 2.64. The Hall–Kier alpha value is -0.950. The molecule has 21 heavy (non-hydrogen) atoms. The summed E-state index contributed by atoms with van der Waals surface area (Å²) in [4.78, 5) is 0.185. The van der Waals surface area contributed by atoms with E-state index < -0.39 is 10.0 Å². The molecule has 6 heteroatoms. The summed E-state index contributed by atoms with van der Waals surface area (Å²) in [6.07, 6.45) is 0.763. The van der Waals surface area contributed by atoms with Crippen LogP contribution in [0.2, 0.25) is 0 Å². The summed E-state index contributed by atoms with van der Waals surface area (Å²) in [5.41, 5.74) is 0.357. The van der Waals surface area contributed by atoms with Crippen LogP contribution in [0.25, 0.3) is 0 Å². The lowest BCUT2D eigenvalue weighted by atomic mass is 9.65. The first kappa shape index (κ1) is 16.4. The van der Waals surface area contributed by atoms with Gasteiger partial charge in [-0.1, -0.05) is 26.0 Å². The lowest BCUT2D eigenvalue weighted by Gasteiger charge is -2.51. The minimum Gasteiger partial charge on any atom is -0.392 e. The van der Waals surface area contributed by atoms with Crippen LogP contribution in [-0.4, -0.2) is 32.3 Å². The van der Waals surface area contributed by atoms with E-state index in [0.717, 1.165) is 0 Å². The Labute approximate surface area is 126 Å². The topological polar surface area (TPSA) is 75.6 Å². The number of aliphatic hydroxyl groups excluding tert-OH is 1. The number of ether oxygens (including phenoxy) is 1. The van der Waals surface area contributed by atoms with Crippen molar-refractivity contribution in [2.45, 2.75) is 50.8 Å². The van der Waals surface area contributed by atoms with Gasteiger partial charge in [-0.05, 0) is 31.0 Å². The molecule has 1 aliphatic carbocycles. The maximum Gasteiger partial charge on any atom is 0.240 e. The lowest BCUT2D eigenvalue weighted by molar-refractivity contribution is -0.108.